The molecule has 0 aliphatic heterocycles. The van der Waals surface area contributed by atoms with E-state index in [1.54, 1.807) is 67.0 Å². The number of carbonyl (C=O) groups is 3. The summed E-state index contributed by atoms with van der Waals surface area (Å²) in [5, 5.41) is 19.0. The fourth-order valence-electron chi connectivity index (χ4n) is 3.90. The summed E-state index contributed by atoms with van der Waals surface area (Å²) in [4.78, 5) is 37.9. The van der Waals surface area contributed by atoms with Crippen molar-refractivity contribution in [3.05, 3.63) is 114 Å². The van der Waals surface area contributed by atoms with Crippen LogP contribution in [0.2, 0.25) is 0 Å². The van der Waals surface area contributed by atoms with E-state index in [-0.39, 0.29) is 18.9 Å². The second kappa shape index (κ2) is 15.8. The van der Waals surface area contributed by atoms with Gasteiger partial charge in [-0.3, -0.25) is 19.9 Å². The first-order valence-corrected chi connectivity index (χ1v) is 14.1. The van der Waals surface area contributed by atoms with Gasteiger partial charge in [0.15, 0.2) is 17.4 Å². The summed E-state index contributed by atoms with van der Waals surface area (Å²) in [6.07, 6.45) is -0.184. The quantitative estimate of drug-likeness (QED) is 0.0942. The highest BCUT2D eigenvalue weighted by atomic mass is 32.2. The minimum absolute atomic E-state index is 0.182. The molecule has 1 aromatic heterocycles. The predicted molar refractivity (Wildman–Crippen MR) is 155 cm³/mol. The Kier molecular flexibility index (Phi) is 12.1. The summed E-state index contributed by atoms with van der Waals surface area (Å²) in [6.45, 7) is -0.199. The standard InChI is InChI=1S/C29H24F2N2O4S.C2HF3O2/c1-38-26-14-25(31)24(30)13-23(26)19-7-9-22(10-8-19)37-17-18-4-2-5-20(12-18)29(36)28(33-16-27(34)35)21-6-3-11-32-15-21;3-2(4,5)1(6)7/h2-15,28,33H,16-17H2,1H3,(H,34,35);(H,6,7). The summed E-state index contributed by atoms with van der Waals surface area (Å²) in [7, 11) is 0. The Morgan fingerprint density at radius 1 is 0.956 bits per heavy atom. The van der Waals surface area contributed by atoms with Gasteiger partial charge in [-0.1, -0.05) is 36.4 Å². The summed E-state index contributed by atoms with van der Waals surface area (Å²) >= 11 is 1.33. The van der Waals surface area contributed by atoms with Gasteiger partial charge in [-0.2, -0.15) is 13.2 Å². The van der Waals surface area contributed by atoms with Crippen molar-refractivity contribution in [2.75, 3.05) is 12.8 Å². The maximum atomic E-state index is 13.8. The highest BCUT2D eigenvalue weighted by Gasteiger charge is 2.38. The van der Waals surface area contributed by atoms with Crippen LogP contribution in [0, 0.1) is 11.6 Å². The molecule has 0 amide bonds. The number of benzene rings is 3. The Morgan fingerprint density at radius 3 is 2.20 bits per heavy atom. The van der Waals surface area contributed by atoms with E-state index in [2.05, 4.69) is 10.3 Å². The monoisotopic (exact) mass is 648 g/mol. The lowest BCUT2D eigenvalue weighted by molar-refractivity contribution is -0.192. The number of hydrogen-bond acceptors (Lipinski definition) is 7. The Morgan fingerprint density at radius 2 is 1.62 bits per heavy atom. The Labute approximate surface area is 257 Å². The van der Waals surface area contributed by atoms with Crippen LogP contribution in [0.25, 0.3) is 11.1 Å². The van der Waals surface area contributed by atoms with Crippen LogP contribution < -0.4 is 10.1 Å². The second-order valence-electron chi connectivity index (χ2n) is 9.14. The van der Waals surface area contributed by atoms with Gasteiger partial charge >= 0.3 is 18.1 Å². The van der Waals surface area contributed by atoms with Crippen molar-refractivity contribution in [3.8, 4) is 16.9 Å². The number of ketones is 1. The number of aromatic nitrogens is 1. The van der Waals surface area contributed by atoms with Crippen LogP contribution in [0.1, 0.15) is 27.5 Å². The maximum absolute atomic E-state index is 13.8. The van der Waals surface area contributed by atoms with E-state index in [4.69, 9.17) is 19.7 Å². The van der Waals surface area contributed by atoms with E-state index < -0.39 is 35.8 Å². The maximum Gasteiger partial charge on any atom is 0.490 e. The number of ether oxygens (including phenoxy) is 1. The third-order valence-corrected chi connectivity index (χ3v) is 6.78. The molecule has 4 rings (SSSR count). The van der Waals surface area contributed by atoms with Crippen molar-refractivity contribution >= 4 is 29.5 Å². The van der Waals surface area contributed by atoms with E-state index in [1.165, 1.54) is 30.1 Å². The van der Waals surface area contributed by atoms with Gasteiger partial charge in [-0.25, -0.2) is 13.6 Å². The molecular formula is C31H25F5N2O6S. The number of aliphatic carboxylic acids is 2. The molecule has 0 aliphatic carbocycles. The van der Waals surface area contributed by atoms with Crippen molar-refractivity contribution in [1.29, 1.82) is 0 Å². The van der Waals surface area contributed by atoms with Gasteiger partial charge in [0.05, 0.1) is 12.6 Å². The van der Waals surface area contributed by atoms with Crippen LogP contribution in [-0.4, -0.2) is 51.9 Å². The number of carboxylic acids is 2. The first kappa shape index (κ1) is 34.7. The zero-order chi connectivity index (χ0) is 33.1. The summed E-state index contributed by atoms with van der Waals surface area (Å²) in [6, 6.07) is 18.8. The van der Waals surface area contributed by atoms with Crippen LogP contribution in [0.4, 0.5) is 22.0 Å². The molecule has 1 heterocycles. The Bertz CT molecular complexity index is 1640. The summed E-state index contributed by atoms with van der Waals surface area (Å²) in [5.41, 5.74) is 3.02. The van der Waals surface area contributed by atoms with Crippen LogP contribution >= 0.6 is 11.8 Å². The molecule has 0 aliphatic rings. The Hall–Kier alpha value is -4.82. The van der Waals surface area contributed by atoms with Gasteiger partial charge in [-0.05, 0) is 64.9 Å². The smallest absolute Gasteiger partial charge is 0.489 e. The van der Waals surface area contributed by atoms with Crippen molar-refractivity contribution in [3.63, 3.8) is 0 Å². The second-order valence-corrected chi connectivity index (χ2v) is 9.99. The molecule has 3 aromatic carbocycles. The molecule has 0 radical (unpaired) electrons. The summed E-state index contributed by atoms with van der Waals surface area (Å²) in [5.74, 6) is -5.35. The molecule has 0 saturated heterocycles. The molecule has 0 bridgehead atoms. The average molecular weight is 649 g/mol. The first-order valence-electron chi connectivity index (χ1n) is 12.8. The van der Waals surface area contributed by atoms with Crippen LogP contribution in [-0.2, 0) is 16.2 Å². The number of pyridine rings is 1. The third kappa shape index (κ3) is 10.1. The fourth-order valence-corrected chi connectivity index (χ4v) is 4.52. The predicted octanol–water partition coefficient (Wildman–Crippen LogP) is 6.56. The van der Waals surface area contributed by atoms with E-state index in [0.29, 0.717) is 27.3 Å². The van der Waals surface area contributed by atoms with Crippen LogP contribution in [0.15, 0.2) is 90.1 Å². The van der Waals surface area contributed by atoms with Gasteiger partial charge in [0, 0.05) is 22.9 Å². The number of thioether (sulfide) groups is 1. The number of nitrogens with zero attached hydrogens (tertiary/aromatic N) is 1. The number of nitrogens with one attached hydrogen (secondary N) is 1. The lowest BCUT2D eigenvalue weighted by Crippen LogP contribution is -2.33. The minimum atomic E-state index is -5.08. The molecule has 0 saturated carbocycles. The van der Waals surface area contributed by atoms with Crippen molar-refractivity contribution < 1.29 is 51.3 Å². The highest BCUT2D eigenvalue weighted by molar-refractivity contribution is 7.98. The zero-order valence-electron chi connectivity index (χ0n) is 23.3. The van der Waals surface area contributed by atoms with Crippen molar-refractivity contribution in [1.82, 2.24) is 10.3 Å². The SMILES string of the molecule is CSc1cc(F)c(F)cc1-c1ccc(OCc2cccc(C(=O)C(NCC(=O)O)c3cccnc3)c2)cc1.O=C(O)C(F)(F)F. The third-order valence-electron chi connectivity index (χ3n) is 6.00. The first-order chi connectivity index (χ1) is 21.3. The van der Waals surface area contributed by atoms with Gasteiger partial charge in [-0.15, -0.1) is 11.8 Å². The van der Waals surface area contributed by atoms with Crippen LogP contribution in [0.5, 0.6) is 5.75 Å². The molecule has 0 spiro atoms. The number of carbonyl (C=O) groups excluding carboxylic acids is 1. The molecule has 1 atom stereocenters. The number of Topliss-reactive ketones (excluding diaryl/α,β-unsaturated/α-hetero) is 1. The zero-order valence-corrected chi connectivity index (χ0v) is 24.2. The molecular weight excluding hydrogens is 623 g/mol. The van der Waals surface area contributed by atoms with Gasteiger partial charge < -0.3 is 14.9 Å². The molecule has 3 N–H and O–H groups in total. The topological polar surface area (TPSA) is 126 Å². The molecule has 14 heteroatoms. The number of alkyl halides is 3. The largest absolute Gasteiger partial charge is 0.490 e. The molecule has 0 fully saturated rings. The van der Waals surface area contributed by atoms with Crippen LogP contribution in [0.3, 0.4) is 0 Å². The van der Waals surface area contributed by atoms with Gasteiger partial charge in [0.2, 0.25) is 0 Å². The minimum Gasteiger partial charge on any atom is -0.489 e. The number of rotatable bonds is 11. The average Bonchev–Trinajstić information content (AvgIpc) is 3.02. The number of halogens is 5. The number of carboxylic acid groups (broad SMARTS) is 2. The Balaban J connectivity index is 0.000000707. The van der Waals surface area contributed by atoms with E-state index in [9.17, 15) is 31.5 Å². The molecule has 4 aromatic rings. The highest BCUT2D eigenvalue weighted by Crippen LogP contribution is 2.33. The molecule has 236 valence electrons. The van der Waals surface area contributed by atoms with E-state index in [0.717, 1.165) is 11.1 Å². The number of hydrogen-bond donors (Lipinski definition) is 3. The summed E-state index contributed by atoms with van der Waals surface area (Å²) < 4.78 is 65.0. The molecule has 1 unspecified atom stereocenters. The molecule has 45 heavy (non-hydrogen) atoms. The van der Waals surface area contributed by atoms with E-state index in [1.807, 2.05) is 6.07 Å². The fraction of sp³-hybridized carbons (Fsp3) is 0.161. The van der Waals surface area contributed by atoms with Gasteiger partial charge in [0.1, 0.15) is 12.4 Å². The van der Waals surface area contributed by atoms with E-state index >= 15 is 0 Å². The normalized spacial score (nSPS) is 11.6. The molecule has 8 nitrogen and oxygen atoms in total. The lowest BCUT2D eigenvalue weighted by atomic mass is 9.97. The van der Waals surface area contributed by atoms with Crippen molar-refractivity contribution in [2.45, 2.75) is 23.7 Å². The van der Waals surface area contributed by atoms with Gasteiger partial charge in [0.25, 0.3) is 0 Å². The van der Waals surface area contributed by atoms with Crippen molar-refractivity contribution in [2.24, 2.45) is 0 Å². The lowest BCUT2D eigenvalue weighted by Gasteiger charge is -2.17.